The van der Waals surface area contributed by atoms with Crippen LogP contribution in [0.1, 0.15) is 18.1 Å². The summed E-state index contributed by atoms with van der Waals surface area (Å²) in [5, 5.41) is 10.9. The minimum atomic E-state index is 0.235. The maximum absolute atomic E-state index is 9.91. The highest BCUT2D eigenvalue weighted by molar-refractivity contribution is 5.92. The molecule has 0 bridgehead atoms. The van der Waals surface area contributed by atoms with Crippen LogP contribution in [0.2, 0.25) is 0 Å². The molecule has 0 atom stereocenters. The zero-order valence-electron chi connectivity index (χ0n) is 9.14. The van der Waals surface area contributed by atoms with Crippen LogP contribution in [0.5, 0.6) is 0 Å². The van der Waals surface area contributed by atoms with Gasteiger partial charge in [-0.05, 0) is 24.6 Å². The summed E-state index contributed by atoms with van der Waals surface area (Å²) in [6.45, 7) is 5.54. The van der Waals surface area contributed by atoms with Crippen molar-refractivity contribution in [3.8, 4) is 0 Å². The predicted octanol–water partition coefficient (Wildman–Crippen LogP) is 3.80. The van der Waals surface area contributed by atoms with Crippen LogP contribution in [-0.2, 0) is 0 Å². The molecule has 0 saturated carbocycles. The third-order valence-corrected chi connectivity index (χ3v) is 2.56. The number of rotatable bonds is 2. The molecule has 0 unspecified atom stereocenters. The van der Waals surface area contributed by atoms with E-state index in [2.05, 4.69) is 11.6 Å². The molecular formula is C14H13NO. The molecule has 0 amide bonds. The molecule has 80 valence electrons. The quantitative estimate of drug-likeness (QED) is 0.766. The van der Waals surface area contributed by atoms with Gasteiger partial charge in [-0.25, -0.2) is 0 Å². The lowest BCUT2D eigenvalue weighted by atomic mass is 10.0. The molecule has 1 N–H and O–H groups in total. The van der Waals surface area contributed by atoms with E-state index in [1.54, 1.807) is 25.3 Å². The van der Waals surface area contributed by atoms with Crippen molar-refractivity contribution in [1.29, 1.82) is 0 Å². The van der Waals surface area contributed by atoms with E-state index in [4.69, 9.17) is 0 Å². The van der Waals surface area contributed by atoms with Crippen LogP contribution in [0.25, 0.3) is 22.7 Å². The van der Waals surface area contributed by atoms with Gasteiger partial charge < -0.3 is 5.11 Å². The number of benzene rings is 1. The second-order valence-corrected chi connectivity index (χ2v) is 3.48. The highest BCUT2D eigenvalue weighted by Gasteiger charge is 2.09. The monoisotopic (exact) mass is 211 g/mol. The third-order valence-electron chi connectivity index (χ3n) is 2.56. The van der Waals surface area contributed by atoms with Crippen LogP contribution in [-0.4, -0.2) is 10.1 Å². The summed E-state index contributed by atoms with van der Waals surface area (Å²) in [6.07, 6.45) is 5.11. The molecule has 1 aromatic heterocycles. The first kappa shape index (κ1) is 10.4. The van der Waals surface area contributed by atoms with Crippen molar-refractivity contribution in [2.45, 2.75) is 6.92 Å². The molecule has 0 fully saturated rings. The summed E-state index contributed by atoms with van der Waals surface area (Å²) in [5.41, 5.74) is 2.44. The molecule has 0 aliphatic carbocycles. The number of aliphatic hydroxyl groups is 1. The summed E-state index contributed by atoms with van der Waals surface area (Å²) in [4.78, 5) is 4.31. The molecule has 2 heteroatoms. The molecule has 1 heterocycles. The molecule has 2 aromatic rings. The summed E-state index contributed by atoms with van der Waals surface area (Å²) in [5.74, 6) is 0.235. The Bertz CT molecular complexity index is 570. The van der Waals surface area contributed by atoms with Gasteiger partial charge in [-0.15, -0.1) is 0 Å². The molecule has 0 spiro atoms. The van der Waals surface area contributed by atoms with Gasteiger partial charge >= 0.3 is 0 Å². The van der Waals surface area contributed by atoms with E-state index in [9.17, 15) is 5.11 Å². The van der Waals surface area contributed by atoms with E-state index in [0.717, 1.165) is 22.0 Å². The summed E-state index contributed by atoms with van der Waals surface area (Å²) in [6, 6.07) is 7.77. The molecule has 16 heavy (non-hydrogen) atoms. The van der Waals surface area contributed by atoms with Crippen LogP contribution in [0.4, 0.5) is 0 Å². The predicted molar refractivity (Wildman–Crippen MR) is 68.1 cm³/mol. The molecule has 0 aliphatic heterocycles. The lowest BCUT2D eigenvalue weighted by molar-refractivity contribution is 0.511. The van der Waals surface area contributed by atoms with Crippen molar-refractivity contribution in [3.63, 3.8) is 0 Å². The highest BCUT2D eigenvalue weighted by Crippen LogP contribution is 2.26. The van der Waals surface area contributed by atoms with E-state index in [-0.39, 0.29) is 5.76 Å². The van der Waals surface area contributed by atoms with E-state index >= 15 is 0 Å². The average Bonchev–Trinajstić information content (AvgIpc) is 2.36. The number of hydrogen-bond donors (Lipinski definition) is 1. The molecular weight excluding hydrogens is 198 g/mol. The number of aliphatic hydroxyl groups excluding tert-OH is 1. The third kappa shape index (κ3) is 1.58. The fraction of sp³-hybridized carbons (Fsp3) is 0.0714. The number of aromatic nitrogens is 1. The number of allylic oxidation sites excluding steroid dienone is 1. The van der Waals surface area contributed by atoms with Gasteiger partial charge in [0.1, 0.15) is 5.76 Å². The van der Waals surface area contributed by atoms with Gasteiger partial charge in [0.2, 0.25) is 0 Å². The number of pyridine rings is 1. The van der Waals surface area contributed by atoms with Gasteiger partial charge in [0, 0.05) is 17.1 Å². The van der Waals surface area contributed by atoms with Crippen LogP contribution in [0.3, 0.4) is 0 Å². The Morgan fingerprint density at radius 1 is 1.38 bits per heavy atom. The van der Waals surface area contributed by atoms with Crippen LogP contribution >= 0.6 is 0 Å². The Balaban J connectivity index is 2.88. The second kappa shape index (κ2) is 4.19. The van der Waals surface area contributed by atoms with Crippen molar-refractivity contribution in [1.82, 2.24) is 4.98 Å². The fourth-order valence-corrected chi connectivity index (χ4v) is 1.74. The standard InChI is InChI=1S/C14H13NO/c1-3-10-7-8-11-6-5-9-15-14(11)13(10)12(16)4-2/h3-9,16H,1H2,2H3/b12-4+. The Kier molecular flexibility index (Phi) is 2.73. The second-order valence-electron chi connectivity index (χ2n) is 3.48. The molecule has 0 aliphatic rings. The minimum absolute atomic E-state index is 0.235. The molecule has 1 aromatic carbocycles. The summed E-state index contributed by atoms with van der Waals surface area (Å²) < 4.78 is 0. The largest absolute Gasteiger partial charge is 0.508 e. The van der Waals surface area contributed by atoms with E-state index in [1.807, 2.05) is 24.3 Å². The maximum Gasteiger partial charge on any atom is 0.121 e. The minimum Gasteiger partial charge on any atom is -0.508 e. The molecule has 0 saturated heterocycles. The van der Waals surface area contributed by atoms with Crippen LogP contribution in [0, 0.1) is 0 Å². The summed E-state index contributed by atoms with van der Waals surface area (Å²) >= 11 is 0. The Hall–Kier alpha value is -2.09. The Morgan fingerprint density at radius 3 is 2.88 bits per heavy atom. The number of hydrogen-bond acceptors (Lipinski definition) is 2. The highest BCUT2D eigenvalue weighted by atomic mass is 16.3. The summed E-state index contributed by atoms with van der Waals surface area (Å²) in [7, 11) is 0. The molecule has 2 nitrogen and oxygen atoms in total. The topological polar surface area (TPSA) is 33.1 Å². The van der Waals surface area contributed by atoms with Gasteiger partial charge in [0.05, 0.1) is 5.52 Å². The van der Waals surface area contributed by atoms with Crippen molar-refractivity contribution in [3.05, 3.63) is 54.2 Å². The van der Waals surface area contributed by atoms with Crippen LogP contribution in [0.15, 0.2) is 43.1 Å². The maximum atomic E-state index is 9.91. The normalized spacial score (nSPS) is 11.7. The fourth-order valence-electron chi connectivity index (χ4n) is 1.74. The molecule has 2 rings (SSSR count). The lowest BCUT2D eigenvalue weighted by Crippen LogP contribution is -1.92. The first-order valence-corrected chi connectivity index (χ1v) is 5.13. The molecule has 0 radical (unpaired) electrons. The SMILES string of the molecule is C=Cc1ccc2cccnc2c1/C(O)=C\C. The lowest BCUT2D eigenvalue weighted by Gasteiger charge is -2.08. The van der Waals surface area contributed by atoms with Crippen LogP contribution < -0.4 is 0 Å². The van der Waals surface area contributed by atoms with Crippen molar-refractivity contribution in [2.75, 3.05) is 0 Å². The zero-order valence-corrected chi connectivity index (χ0v) is 9.14. The van der Waals surface area contributed by atoms with E-state index < -0.39 is 0 Å². The van der Waals surface area contributed by atoms with Gasteiger partial charge in [-0.3, -0.25) is 4.98 Å². The first-order valence-electron chi connectivity index (χ1n) is 5.13. The van der Waals surface area contributed by atoms with Crippen molar-refractivity contribution < 1.29 is 5.11 Å². The average molecular weight is 211 g/mol. The zero-order chi connectivity index (χ0) is 11.5. The van der Waals surface area contributed by atoms with Crippen molar-refractivity contribution in [2.24, 2.45) is 0 Å². The number of nitrogens with zero attached hydrogens (tertiary/aromatic N) is 1. The number of fused-ring (bicyclic) bond motifs is 1. The van der Waals surface area contributed by atoms with Crippen molar-refractivity contribution >= 4 is 22.7 Å². The van der Waals surface area contributed by atoms with E-state index in [0.29, 0.717) is 0 Å². The smallest absolute Gasteiger partial charge is 0.121 e. The first-order chi connectivity index (χ1) is 7.77. The Labute approximate surface area is 94.6 Å². The van der Waals surface area contributed by atoms with Gasteiger partial charge in [0.15, 0.2) is 0 Å². The van der Waals surface area contributed by atoms with Gasteiger partial charge in [-0.2, -0.15) is 0 Å². The Morgan fingerprint density at radius 2 is 2.19 bits per heavy atom. The van der Waals surface area contributed by atoms with E-state index in [1.165, 1.54) is 0 Å². The van der Waals surface area contributed by atoms with Gasteiger partial charge in [0.25, 0.3) is 0 Å². The van der Waals surface area contributed by atoms with Gasteiger partial charge in [-0.1, -0.05) is 30.9 Å².